The minimum absolute atomic E-state index is 1.02. The van der Waals surface area contributed by atoms with E-state index in [-0.39, 0.29) is 0 Å². The highest BCUT2D eigenvalue weighted by Crippen LogP contribution is 2.11. The molecule has 1 aromatic rings. The monoisotopic (exact) mass is 158 g/mol. The van der Waals surface area contributed by atoms with Crippen molar-refractivity contribution in [2.24, 2.45) is 0 Å². The van der Waals surface area contributed by atoms with Gasteiger partial charge in [0.05, 0.1) is 0 Å². The number of hydrogen-bond donors (Lipinski definition) is 0. The summed E-state index contributed by atoms with van der Waals surface area (Å²) in [4.78, 5) is 0. The Morgan fingerprint density at radius 2 is 2.00 bits per heavy atom. The van der Waals surface area contributed by atoms with Crippen LogP contribution in [0.15, 0.2) is 18.2 Å². The molecule has 0 radical (unpaired) electrons. The summed E-state index contributed by atoms with van der Waals surface area (Å²) in [7, 11) is 0. The molecule has 0 saturated carbocycles. The lowest BCUT2D eigenvalue weighted by Gasteiger charge is -2.03. The summed E-state index contributed by atoms with van der Waals surface area (Å²) in [6.07, 6.45) is 7.47. The second-order valence-electron chi connectivity index (χ2n) is 2.84. The first-order chi connectivity index (χ1) is 5.81. The summed E-state index contributed by atoms with van der Waals surface area (Å²) in [6, 6.07) is 6.40. The maximum Gasteiger partial charge on any atom is 0.0277 e. The van der Waals surface area contributed by atoms with Gasteiger partial charge in [0.25, 0.3) is 0 Å². The Morgan fingerprint density at radius 3 is 2.50 bits per heavy atom. The molecule has 0 aliphatic rings. The molecule has 0 bridgehead atoms. The van der Waals surface area contributed by atoms with E-state index in [0.29, 0.717) is 0 Å². The van der Waals surface area contributed by atoms with Gasteiger partial charge in [-0.15, -0.1) is 6.42 Å². The molecule has 0 heteroatoms. The first-order valence-corrected chi connectivity index (χ1v) is 4.40. The number of rotatable bonds is 2. The lowest BCUT2D eigenvalue weighted by atomic mass is 10.0. The van der Waals surface area contributed by atoms with Gasteiger partial charge in [0, 0.05) is 5.56 Å². The summed E-state index contributed by atoms with van der Waals surface area (Å²) in [6.45, 7) is 4.27. The second-order valence-corrected chi connectivity index (χ2v) is 2.84. The SMILES string of the molecule is C#Cc1cc(CC)ccc1CC. The van der Waals surface area contributed by atoms with Crippen molar-refractivity contribution >= 4 is 0 Å². The average molecular weight is 158 g/mol. The molecule has 0 N–H and O–H groups in total. The Hall–Kier alpha value is -1.22. The van der Waals surface area contributed by atoms with Crippen molar-refractivity contribution < 1.29 is 0 Å². The van der Waals surface area contributed by atoms with Crippen LogP contribution in [0, 0.1) is 12.3 Å². The van der Waals surface area contributed by atoms with Gasteiger partial charge in [0.15, 0.2) is 0 Å². The van der Waals surface area contributed by atoms with Gasteiger partial charge in [0.1, 0.15) is 0 Å². The van der Waals surface area contributed by atoms with Gasteiger partial charge >= 0.3 is 0 Å². The van der Waals surface area contributed by atoms with Gasteiger partial charge in [-0.3, -0.25) is 0 Å². The van der Waals surface area contributed by atoms with Gasteiger partial charge in [-0.1, -0.05) is 31.9 Å². The number of aryl methyl sites for hydroxylation is 2. The fourth-order valence-corrected chi connectivity index (χ4v) is 1.29. The number of terminal acetylenes is 1. The standard InChI is InChI=1S/C12H14/c1-4-10-7-8-11(5-2)12(6-3)9-10/h3,7-9H,4-5H2,1-2H3. The van der Waals surface area contributed by atoms with Crippen molar-refractivity contribution in [1.82, 2.24) is 0 Å². The van der Waals surface area contributed by atoms with Crippen LogP contribution in [0.1, 0.15) is 30.5 Å². The predicted molar refractivity (Wildman–Crippen MR) is 53.1 cm³/mol. The average Bonchev–Trinajstić information content (AvgIpc) is 2.16. The van der Waals surface area contributed by atoms with Crippen LogP contribution in [0.4, 0.5) is 0 Å². The summed E-state index contributed by atoms with van der Waals surface area (Å²) in [5.74, 6) is 2.72. The lowest BCUT2D eigenvalue weighted by molar-refractivity contribution is 1.09. The van der Waals surface area contributed by atoms with Gasteiger partial charge in [-0.05, 0) is 30.0 Å². The van der Waals surface area contributed by atoms with E-state index >= 15 is 0 Å². The topological polar surface area (TPSA) is 0 Å². The van der Waals surface area contributed by atoms with Crippen LogP contribution < -0.4 is 0 Å². The van der Waals surface area contributed by atoms with E-state index in [9.17, 15) is 0 Å². The molecule has 0 atom stereocenters. The van der Waals surface area contributed by atoms with Gasteiger partial charge in [0.2, 0.25) is 0 Å². The van der Waals surface area contributed by atoms with E-state index in [1.54, 1.807) is 0 Å². The van der Waals surface area contributed by atoms with Gasteiger partial charge in [-0.25, -0.2) is 0 Å². The zero-order valence-electron chi connectivity index (χ0n) is 7.72. The van der Waals surface area contributed by atoms with Crippen LogP contribution >= 0.6 is 0 Å². The molecule has 1 aromatic carbocycles. The van der Waals surface area contributed by atoms with Crippen LogP contribution in [0.5, 0.6) is 0 Å². The quantitative estimate of drug-likeness (QED) is 0.580. The summed E-state index contributed by atoms with van der Waals surface area (Å²) in [5, 5.41) is 0. The van der Waals surface area contributed by atoms with E-state index < -0.39 is 0 Å². The molecule has 62 valence electrons. The van der Waals surface area contributed by atoms with Crippen LogP contribution in [-0.4, -0.2) is 0 Å². The molecular formula is C12H14. The molecule has 0 aliphatic heterocycles. The summed E-state index contributed by atoms with van der Waals surface area (Å²) in [5.41, 5.74) is 3.65. The molecule has 0 spiro atoms. The molecular weight excluding hydrogens is 144 g/mol. The maximum absolute atomic E-state index is 5.40. The van der Waals surface area contributed by atoms with Crippen molar-refractivity contribution in [3.8, 4) is 12.3 Å². The first kappa shape index (κ1) is 8.87. The molecule has 0 saturated heterocycles. The zero-order chi connectivity index (χ0) is 8.97. The minimum Gasteiger partial charge on any atom is -0.115 e. The molecule has 0 aliphatic carbocycles. The Balaban J connectivity index is 3.13. The Morgan fingerprint density at radius 1 is 1.25 bits per heavy atom. The normalized spacial score (nSPS) is 9.42. The van der Waals surface area contributed by atoms with Crippen molar-refractivity contribution in [2.45, 2.75) is 26.7 Å². The summed E-state index contributed by atoms with van der Waals surface area (Å²) >= 11 is 0. The van der Waals surface area contributed by atoms with Gasteiger partial charge < -0.3 is 0 Å². The first-order valence-electron chi connectivity index (χ1n) is 4.40. The van der Waals surface area contributed by atoms with Crippen molar-refractivity contribution in [2.75, 3.05) is 0 Å². The fraction of sp³-hybridized carbons (Fsp3) is 0.333. The third kappa shape index (κ3) is 1.68. The molecule has 1 rings (SSSR count). The number of hydrogen-bond acceptors (Lipinski definition) is 0. The highest BCUT2D eigenvalue weighted by molar-refractivity contribution is 5.42. The largest absolute Gasteiger partial charge is 0.115 e. The number of benzene rings is 1. The Labute approximate surface area is 74.6 Å². The molecule has 0 fully saturated rings. The minimum atomic E-state index is 1.02. The maximum atomic E-state index is 5.40. The fourth-order valence-electron chi connectivity index (χ4n) is 1.29. The lowest BCUT2D eigenvalue weighted by Crippen LogP contribution is -1.89. The molecule has 0 nitrogen and oxygen atoms in total. The van der Waals surface area contributed by atoms with Gasteiger partial charge in [-0.2, -0.15) is 0 Å². The molecule has 0 aromatic heterocycles. The van der Waals surface area contributed by atoms with Crippen molar-refractivity contribution in [3.05, 3.63) is 34.9 Å². The van der Waals surface area contributed by atoms with Crippen LogP contribution in [-0.2, 0) is 12.8 Å². The highest BCUT2D eigenvalue weighted by atomic mass is 14.0. The van der Waals surface area contributed by atoms with E-state index in [0.717, 1.165) is 18.4 Å². The Kier molecular flexibility index (Phi) is 2.94. The highest BCUT2D eigenvalue weighted by Gasteiger charge is 1.97. The van der Waals surface area contributed by atoms with Crippen LogP contribution in [0.2, 0.25) is 0 Å². The summed E-state index contributed by atoms with van der Waals surface area (Å²) < 4.78 is 0. The van der Waals surface area contributed by atoms with E-state index in [2.05, 4.69) is 38.0 Å². The van der Waals surface area contributed by atoms with E-state index in [1.807, 2.05) is 0 Å². The smallest absolute Gasteiger partial charge is 0.0277 e. The second kappa shape index (κ2) is 3.97. The third-order valence-corrected chi connectivity index (χ3v) is 2.12. The molecule has 12 heavy (non-hydrogen) atoms. The van der Waals surface area contributed by atoms with E-state index in [4.69, 9.17) is 6.42 Å². The van der Waals surface area contributed by atoms with Crippen molar-refractivity contribution in [3.63, 3.8) is 0 Å². The zero-order valence-corrected chi connectivity index (χ0v) is 7.72. The van der Waals surface area contributed by atoms with Crippen LogP contribution in [0.25, 0.3) is 0 Å². The Bertz CT molecular complexity index is 302. The predicted octanol–water partition coefficient (Wildman–Crippen LogP) is 2.79. The van der Waals surface area contributed by atoms with E-state index in [1.165, 1.54) is 11.1 Å². The molecule has 0 heterocycles. The molecule has 0 amide bonds. The van der Waals surface area contributed by atoms with Crippen molar-refractivity contribution in [1.29, 1.82) is 0 Å². The van der Waals surface area contributed by atoms with Crippen LogP contribution in [0.3, 0.4) is 0 Å². The third-order valence-electron chi connectivity index (χ3n) is 2.12. The molecule has 0 unspecified atom stereocenters.